The highest BCUT2D eigenvalue weighted by Crippen LogP contribution is 2.17. The van der Waals surface area contributed by atoms with Crippen molar-refractivity contribution in [1.29, 1.82) is 0 Å². The van der Waals surface area contributed by atoms with Crippen LogP contribution >= 0.6 is 27.5 Å². The molecule has 3 nitrogen and oxygen atoms in total. The molecule has 0 aliphatic rings. The molecular weight excluding hydrogens is 295 g/mol. The first-order chi connectivity index (χ1) is 7.50. The molecular formula is C11H10BrClO3. The standard InChI is InChI=1S/C11H10BrClO3/c12-9(5-6-10(14)15)11(16)7-1-3-8(13)4-2-7/h1-4,9H,5-6H2,(H,14,15). The summed E-state index contributed by atoms with van der Waals surface area (Å²) in [4.78, 5) is 21.7. The van der Waals surface area contributed by atoms with Crippen LogP contribution in [0.4, 0.5) is 0 Å². The second kappa shape index (κ2) is 6.01. The molecule has 1 aromatic carbocycles. The van der Waals surface area contributed by atoms with Gasteiger partial charge in [0.05, 0.1) is 4.83 Å². The van der Waals surface area contributed by atoms with Gasteiger partial charge in [0.1, 0.15) is 0 Å². The number of hydrogen-bond acceptors (Lipinski definition) is 2. The van der Waals surface area contributed by atoms with Crippen molar-refractivity contribution in [2.24, 2.45) is 0 Å². The minimum atomic E-state index is -0.909. The summed E-state index contributed by atoms with van der Waals surface area (Å²) in [7, 11) is 0. The van der Waals surface area contributed by atoms with E-state index >= 15 is 0 Å². The monoisotopic (exact) mass is 304 g/mol. The van der Waals surface area contributed by atoms with Gasteiger partial charge in [0.25, 0.3) is 0 Å². The summed E-state index contributed by atoms with van der Waals surface area (Å²) < 4.78 is 0. The van der Waals surface area contributed by atoms with E-state index in [-0.39, 0.29) is 18.6 Å². The Balaban J connectivity index is 2.63. The summed E-state index contributed by atoms with van der Waals surface area (Å²) in [6.07, 6.45) is 0.242. The van der Waals surface area contributed by atoms with Crippen molar-refractivity contribution in [3.05, 3.63) is 34.9 Å². The topological polar surface area (TPSA) is 54.4 Å². The smallest absolute Gasteiger partial charge is 0.303 e. The maximum atomic E-state index is 11.8. The van der Waals surface area contributed by atoms with Gasteiger partial charge in [-0.15, -0.1) is 0 Å². The van der Waals surface area contributed by atoms with Crippen molar-refractivity contribution in [2.75, 3.05) is 0 Å². The Hall–Kier alpha value is -0.870. The number of rotatable bonds is 5. The van der Waals surface area contributed by atoms with Crippen molar-refractivity contribution >= 4 is 39.3 Å². The third-order valence-electron chi connectivity index (χ3n) is 2.02. The fourth-order valence-electron chi connectivity index (χ4n) is 1.18. The highest BCUT2D eigenvalue weighted by atomic mass is 79.9. The van der Waals surface area contributed by atoms with Crippen LogP contribution in [0.3, 0.4) is 0 Å². The molecule has 0 heterocycles. The number of carboxylic acid groups (broad SMARTS) is 1. The lowest BCUT2D eigenvalue weighted by atomic mass is 10.1. The van der Waals surface area contributed by atoms with Crippen molar-refractivity contribution in [3.8, 4) is 0 Å². The van der Waals surface area contributed by atoms with E-state index in [2.05, 4.69) is 15.9 Å². The van der Waals surface area contributed by atoms with E-state index in [1.807, 2.05) is 0 Å². The number of carboxylic acids is 1. The Bertz CT molecular complexity index is 389. The van der Waals surface area contributed by atoms with Gasteiger partial charge in [0.2, 0.25) is 0 Å². The first kappa shape index (κ1) is 13.2. The molecule has 5 heteroatoms. The number of alkyl halides is 1. The fourth-order valence-corrected chi connectivity index (χ4v) is 1.80. The van der Waals surface area contributed by atoms with E-state index < -0.39 is 10.8 Å². The van der Waals surface area contributed by atoms with E-state index in [0.717, 1.165) is 0 Å². The van der Waals surface area contributed by atoms with Gasteiger partial charge >= 0.3 is 5.97 Å². The lowest BCUT2D eigenvalue weighted by Gasteiger charge is -2.07. The maximum absolute atomic E-state index is 11.8. The molecule has 1 rings (SSSR count). The van der Waals surface area contributed by atoms with Gasteiger partial charge in [-0.25, -0.2) is 0 Å². The Morgan fingerprint density at radius 2 is 1.88 bits per heavy atom. The number of carbonyl (C=O) groups excluding carboxylic acids is 1. The average molecular weight is 306 g/mol. The van der Waals surface area contributed by atoms with Gasteiger partial charge in [-0.3, -0.25) is 9.59 Å². The molecule has 0 bridgehead atoms. The van der Waals surface area contributed by atoms with Crippen LogP contribution in [-0.2, 0) is 4.79 Å². The molecule has 0 fully saturated rings. The summed E-state index contributed by atoms with van der Waals surface area (Å²) in [5.74, 6) is -1.04. The maximum Gasteiger partial charge on any atom is 0.303 e. The number of ketones is 1. The normalized spacial score (nSPS) is 12.1. The third-order valence-corrected chi connectivity index (χ3v) is 3.15. The van der Waals surface area contributed by atoms with Crippen molar-refractivity contribution in [1.82, 2.24) is 0 Å². The first-order valence-corrected chi connectivity index (χ1v) is 5.95. The molecule has 1 aromatic rings. The highest BCUT2D eigenvalue weighted by molar-refractivity contribution is 9.10. The Morgan fingerprint density at radius 3 is 2.38 bits per heavy atom. The van der Waals surface area contributed by atoms with Crippen LogP contribution in [0.5, 0.6) is 0 Å². The summed E-state index contributed by atoms with van der Waals surface area (Å²) in [6.45, 7) is 0. The Labute approximate surface area is 107 Å². The summed E-state index contributed by atoms with van der Waals surface area (Å²) >= 11 is 8.88. The Morgan fingerprint density at radius 1 is 1.31 bits per heavy atom. The molecule has 86 valence electrons. The predicted octanol–water partition coefficient (Wildman–Crippen LogP) is 3.15. The molecule has 0 amide bonds. The molecule has 1 atom stereocenters. The highest BCUT2D eigenvalue weighted by Gasteiger charge is 2.17. The number of benzene rings is 1. The first-order valence-electron chi connectivity index (χ1n) is 4.66. The fraction of sp³-hybridized carbons (Fsp3) is 0.273. The zero-order valence-electron chi connectivity index (χ0n) is 8.32. The second-order valence-corrected chi connectivity index (χ2v) is 4.81. The van der Waals surface area contributed by atoms with E-state index in [0.29, 0.717) is 10.6 Å². The van der Waals surface area contributed by atoms with Gasteiger partial charge in [-0.1, -0.05) is 27.5 Å². The summed E-state index contributed by atoms with van der Waals surface area (Å²) in [5.41, 5.74) is 0.525. The molecule has 16 heavy (non-hydrogen) atoms. The molecule has 1 unspecified atom stereocenters. The van der Waals surface area contributed by atoms with Gasteiger partial charge in [-0.2, -0.15) is 0 Å². The van der Waals surface area contributed by atoms with E-state index in [1.54, 1.807) is 24.3 Å². The van der Waals surface area contributed by atoms with E-state index in [9.17, 15) is 9.59 Å². The predicted molar refractivity (Wildman–Crippen MR) is 65.4 cm³/mol. The van der Waals surface area contributed by atoms with Gasteiger partial charge < -0.3 is 5.11 Å². The number of halogens is 2. The summed E-state index contributed by atoms with van der Waals surface area (Å²) in [6, 6.07) is 6.51. The van der Waals surface area contributed by atoms with E-state index in [4.69, 9.17) is 16.7 Å². The van der Waals surface area contributed by atoms with Crippen LogP contribution in [0.1, 0.15) is 23.2 Å². The largest absolute Gasteiger partial charge is 0.481 e. The molecule has 0 aliphatic heterocycles. The van der Waals surface area contributed by atoms with Gasteiger partial charge in [-0.05, 0) is 30.7 Å². The van der Waals surface area contributed by atoms with Crippen LogP contribution in [0.2, 0.25) is 5.02 Å². The molecule has 0 saturated carbocycles. The van der Waals surface area contributed by atoms with Crippen molar-refractivity contribution < 1.29 is 14.7 Å². The van der Waals surface area contributed by atoms with Crippen LogP contribution < -0.4 is 0 Å². The molecule has 0 aliphatic carbocycles. The van der Waals surface area contributed by atoms with Crippen LogP contribution in [-0.4, -0.2) is 21.7 Å². The molecule has 0 aromatic heterocycles. The molecule has 1 N–H and O–H groups in total. The number of aliphatic carboxylic acids is 1. The molecule has 0 saturated heterocycles. The third kappa shape index (κ3) is 3.94. The second-order valence-electron chi connectivity index (χ2n) is 3.27. The lowest BCUT2D eigenvalue weighted by Crippen LogP contribution is -2.15. The number of carbonyl (C=O) groups is 2. The van der Waals surface area contributed by atoms with Crippen molar-refractivity contribution in [3.63, 3.8) is 0 Å². The molecule has 0 spiro atoms. The number of hydrogen-bond donors (Lipinski definition) is 1. The molecule has 0 radical (unpaired) electrons. The minimum absolute atomic E-state index is 0.0325. The van der Waals surface area contributed by atoms with Crippen LogP contribution in [0.25, 0.3) is 0 Å². The zero-order chi connectivity index (χ0) is 12.1. The Kier molecular flexibility index (Phi) is 4.96. The van der Waals surface area contributed by atoms with Gasteiger partial charge in [0, 0.05) is 17.0 Å². The minimum Gasteiger partial charge on any atom is -0.481 e. The quantitative estimate of drug-likeness (QED) is 0.671. The average Bonchev–Trinajstić information content (AvgIpc) is 2.26. The van der Waals surface area contributed by atoms with Crippen LogP contribution in [0.15, 0.2) is 24.3 Å². The zero-order valence-corrected chi connectivity index (χ0v) is 10.7. The van der Waals surface area contributed by atoms with E-state index in [1.165, 1.54) is 0 Å². The van der Waals surface area contributed by atoms with Crippen LogP contribution in [0, 0.1) is 0 Å². The van der Waals surface area contributed by atoms with Crippen molar-refractivity contribution in [2.45, 2.75) is 17.7 Å². The SMILES string of the molecule is O=C(O)CCC(Br)C(=O)c1ccc(Cl)cc1. The lowest BCUT2D eigenvalue weighted by molar-refractivity contribution is -0.137. The van der Waals surface area contributed by atoms with Gasteiger partial charge in [0.15, 0.2) is 5.78 Å². The summed E-state index contributed by atoms with van der Waals surface area (Å²) in [5, 5.41) is 9.06. The number of Topliss-reactive ketones (excluding diaryl/α,β-unsaturated/α-hetero) is 1.